The molecule has 0 spiro atoms. The average molecular weight is 841 g/mol. The van der Waals surface area contributed by atoms with E-state index in [4.69, 9.17) is 4.98 Å². The number of nitrogens with zero attached hydrogens (tertiary/aromatic N) is 6. The summed E-state index contributed by atoms with van der Waals surface area (Å²) >= 11 is 0. The molecule has 0 aliphatic carbocycles. The fraction of sp³-hybridized carbons (Fsp3) is 0. The standard InChI is InChI=1S/C60H36N6/c61-36-38-14-13-15-39(32-38)50-35-60(66-56-27-12-6-21-47(56)49-31-29-41(34-58(49)66)64-53-24-9-3-18-44(53)45-19-4-10-25-54(45)64)62-37-59(50)65-55-26-11-5-20-46(55)48-30-28-40(33-57(48)65)63-51-22-7-1-16-42(51)43-17-2-8-23-52(43)63/h1-35,37H. The average Bonchev–Trinajstić information content (AvgIpc) is 4.11. The fourth-order valence-electron chi connectivity index (χ4n) is 10.8. The highest BCUT2D eigenvalue weighted by Crippen LogP contribution is 2.41. The first-order chi connectivity index (χ1) is 32.7. The van der Waals surface area contributed by atoms with Gasteiger partial charge in [-0.15, -0.1) is 0 Å². The second-order valence-corrected chi connectivity index (χ2v) is 17.1. The molecule has 0 fully saturated rings. The molecule has 9 aromatic carbocycles. The van der Waals surface area contributed by atoms with Crippen LogP contribution in [-0.4, -0.2) is 23.3 Å². The molecule has 0 atom stereocenters. The second-order valence-electron chi connectivity index (χ2n) is 17.1. The molecule has 0 amide bonds. The third-order valence-corrected chi connectivity index (χ3v) is 13.6. The summed E-state index contributed by atoms with van der Waals surface area (Å²) in [6.45, 7) is 0. The van der Waals surface area contributed by atoms with Gasteiger partial charge in [0, 0.05) is 60.0 Å². The van der Waals surface area contributed by atoms with Crippen LogP contribution in [-0.2, 0) is 0 Å². The van der Waals surface area contributed by atoms with E-state index in [9.17, 15) is 5.26 Å². The van der Waals surface area contributed by atoms with Crippen LogP contribution in [0.1, 0.15) is 5.56 Å². The van der Waals surface area contributed by atoms with Gasteiger partial charge >= 0.3 is 0 Å². The van der Waals surface area contributed by atoms with Crippen molar-refractivity contribution in [3.8, 4) is 40.1 Å². The molecule has 0 unspecified atom stereocenters. The molecule has 0 N–H and O–H groups in total. The lowest BCUT2D eigenvalue weighted by Gasteiger charge is -2.17. The van der Waals surface area contributed by atoms with Gasteiger partial charge in [-0.25, -0.2) is 4.98 Å². The van der Waals surface area contributed by atoms with Gasteiger partial charge in [0.05, 0.1) is 67.7 Å². The van der Waals surface area contributed by atoms with Crippen molar-refractivity contribution in [3.63, 3.8) is 0 Å². The van der Waals surface area contributed by atoms with Crippen molar-refractivity contribution < 1.29 is 0 Å². The van der Waals surface area contributed by atoms with Gasteiger partial charge < -0.3 is 13.7 Å². The molecule has 306 valence electrons. The van der Waals surface area contributed by atoms with Crippen molar-refractivity contribution >= 4 is 87.2 Å². The summed E-state index contributed by atoms with van der Waals surface area (Å²) < 4.78 is 9.41. The van der Waals surface area contributed by atoms with E-state index in [0.29, 0.717) is 5.56 Å². The maximum Gasteiger partial charge on any atom is 0.138 e. The maximum absolute atomic E-state index is 10.2. The molecule has 0 aliphatic rings. The zero-order chi connectivity index (χ0) is 43.5. The predicted octanol–water partition coefficient (Wildman–Crippen LogP) is 15.0. The summed E-state index contributed by atoms with van der Waals surface area (Å²) in [4.78, 5) is 5.43. The van der Waals surface area contributed by atoms with Crippen LogP contribution in [0.4, 0.5) is 0 Å². The summed E-state index contributed by atoms with van der Waals surface area (Å²) in [5.41, 5.74) is 14.5. The lowest BCUT2D eigenvalue weighted by Crippen LogP contribution is -2.04. The molecule has 0 bridgehead atoms. The van der Waals surface area contributed by atoms with Crippen LogP contribution < -0.4 is 0 Å². The van der Waals surface area contributed by atoms with Crippen molar-refractivity contribution in [1.82, 2.24) is 23.3 Å². The number of fused-ring (bicyclic) bond motifs is 12. The normalized spacial score (nSPS) is 11.9. The van der Waals surface area contributed by atoms with Crippen LogP contribution >= 0.6 is 0 Å². The Kier molecular flexibility index (Phi) is 7.65. The topological polar surface area (TPSA) is 56.4 Å². The maximum atomic E-state index is 10.2. The lowest BCUT2D eigenvalue weighted by atomic mass is 10.0. The monoisotopic (exact) mass is 840 g/mol. The van der Waals surface area contributed by atoms with Crippen LogP contribution in [0.2, 0.25) is 0 Å². The first-order valence-electron chi connectivity index (χ1n) is 22.3. The number of nitriles is 1. The number of pyridine rings is 1. The molecule has 0 aliphatic heterocycles. The van der Waals surface area contributed by atoms with Gasteiger partial charge in [0.15, 0.2) is 0 Å². The number of aromatic nitrogens is 5. The minimum Gasteiger partial charge on any atom is -0.309 e. The molecular weight excluding hydrogens is 805 g/mol. The van der Waals surface area contributed by atoms with E-state index >= 15 is 0 Å². The van der Waals surface area contributed by atoms with Crippen LogP contribution in [0.25, 0.3) is 121 Å². The lowest BCUT2D eigenvalue weighted by molar-refractivity contribution is 1.05. The van der Waals surface area contributed by atoms with E-state index < -0.39 is 0 Å². The molecule has 0 saturated carbocycles. The van der Waals surface area contributed by atoms with E-state index in [1.165, 1.54) is 21.5 Å². The highest BCUT2D eigenvalue weighted by atomic mass is 15.1. The third kappa shape index (κ3) is 5.14. The molecule has 5 heterocycles. The Balaban J connectivity index is 1.04. The molecule has 6 nitrogen and oxygen atoms in total. The zero-order valence-corrected chi connectivity index (χ0v) is 35.5. The number of para-hydroxylation sites is 6. The zero-order valence-electron chi connectivity index (χ0n) is 35.5. The SMILES string of the molecule is N#Cc1cccc(-c2cc(-n3c4ccccc4c4ccc(-n5c6ccccc6c6ccccc65)cc43)ncc2-n2c3ccccc3c3ccc(-n4c5ccccc5c5ccccc54)cc32)c1. The van der Waals surface area contributed by atoms with Gasteiger partial charge in [-0.05, 0) is 84.4 Å². The van der Waals surface area contributed by atoms with Gasteiger partial charge in [0.1, 0.15) is 5.82 Å². The van der Waals surface area contributed by atoms with Crippen molar-refractivity contribution in [2.45, 2.75) is 0 Å². The minimum absolute atomic E-state index is 0.598. The van der Waals surface area contributed by atoms with Crippen LogP contribution in [0.3, 0.4) is 0 Å². The van der Waals surface area contributed by atoms with Crippen LogP contribution in [0.15, 0.2) is 219 Å². The highest BCUT2D eigenvalue weighted by molar-refractivity contribution is 6.14. The van der Waals surface area contributed by atoms with Crippen molar-refractivity contribution in [2.75, 3.05) is 0 Å². The molecule has 14 rings (SSSR count). The number of rotatable bonds is 5. The van der Waals surface area contributed by atoms with E-state index in [-0.39, 0.29) is 0 Å². The van der Waals surface area contributed by atoms with Crippen molar-refractivity contribution in [1.29, 1.82) is 5.26 Å². The first kappa shape index (κ1) is 36.3. The summed E-state index contributed by atoms with van der Waals surface area (Å²) in [7, 11) is 0. The highest BCUT2D eigenvalue weighted by Gasteiger charge is 2.22. The Morgan fingerprint density at radius 2 is 0.727 bits per heavy atom. The summed E-state index contributed by atoms with van der Waals surface area (Å²) in [6.07, 6.45) is 2.03. The van der Waals surface area contributed by atoms with E-state index in [2.05, 4.69) is 218 Å². The smallest absolute Gasteiger partial charge is 0.138 e. The molecule has 5 aromatic heterocycles. The largest absolute Gasteiger partial charge is 0.309 e. The molecule has 0 saturated heterocycles. The first-order valence-corrected chi connectivity index (χ1v) is 22.3. The fourth-order valence-corrected chi connectivity index (χ4v) is 10.8. The minimum atomic E-state index is 0.598. The van der Waals surface area contributed by atoms with Crippen LogP contribution in [0.5, 0.6) is 0 Å². The summed E-state index contributed by atoms with van der Waals surface area (Å²) in [5.74, 6) is 0.786. The number of benzene rings is 9. The number of hydrogen-bond donors (Lipinski definition) is 0. The summed E-state index contributed by atoms with van der Waals surface area (Å²) in [5, 5.41) is 19.7. The van der Waals surface area contributed by atoms with Gasteiger partial charge in [-0.3, -0.25) is 4.57 Å². The molecule has 0 radical (unpaired) electrons. The van der Waals surface area contributed by atoms with Gasteiger partial charge in [0.25, 0.3) is 0 Å². The molecule has 14 aromatic rings. The molecular formula is C60H36N6. The predicted molar refractivity (Wildman–Crippen MR) is 272 cm³/mol. The molecule has 66 heavy (non-hydrogen) atoms. The van der Waals surface area contributed by atoms with E-state index in [0.717, 1.165) is 99.7 Å². The van der Waals surface area contributed by atoms with E-state index in [1.54, 1.807) is 0 Å². The Hall–Kier alpha value is -9.18. The third-order valence-electron chi connectivity index (χ3n) is 13.6. The van der Waals surface area contributed by atoms with Gasteiger partial charge in [-0.2, -0.15) is 5.26 Å². The Morgan fingerprint density at radius 3 is 1.18 bits per heavy atom. The van der Waals surface area contributed by atoms with E-state index in [1.807, 2.05) is 24.4 Å². The van der Waals surface area contributed by atoms with Crippen molar-refractivity contribution in [2.24, 2.45) is 0 Å². The van der Waals surface area contributed by atoms with Crippen LogP contribution in [0, 0.1) is 11.3 Å². The Bertz CT molecular complexity index is 4270. The quantitative estimate of drug-likeness (QED) is 0.173. The number of hydrogen-bond acceptors (Lipinski definition) is 2. The van der Waals surface area contributed by atoms with Crippen molar-refractivity contribution in [3.05, 3.63) is 224 Å². The van der Waals surface area contributed by atoms with Gasteiger partial charge in [0.2, 0.25) is 0 Å². The van der Waals surface area contributed by atoms with Gasteiger partial charge in [-0.1, -0.05) is 133 Å². The second kappa shape index (κ2) is 13.9. The Labute approximate surface area is 378 Å². The Morgan fingerprint density at radius 1 is 0.333 bits per heavy atom. The molecule has 6 heteroatoms. The summed E-state index contributed by atoms with van der Waals surface area (Å²) in [6, 6.07) is 78.0.